The second-order valence-corrected chi connectivity index (χ2v) is 6.34. The molecule has 0 bridgehead atoms. The molecule has 0 spiro atoms. The molecular weight excluding hydrogens is 371 g/mol. The van der Waals surface area contributed by atoms with Crippen LogP contribution in [0.25, 0.3) is 0 Å². The number of aryl methyl sites for hydroxylation is 1. The first-order chi connectivity index (χ1) is 12.5. The van der Waals surface area contributed by atoms with Crippen molar-refractivity contribution in [1.82, 2.24) is 9.97 Å². The second-order valence-electron chi connectivity index (χ2n) is 5.52. The van der Waals surface area contributed by atoms with Gasteiger partial charge in [0.2, 0.25) is 5.95 Å². The monoisotopic (exact) mass is 388 g/mol. The molecule has 0 saturated carbocycles. The van der Waals surface area contributed by atoms with Crippen molar-refractivity contribution in [2.45, 2.75) is 13.8 Å². The predicted molar refractivity (Wildman–Crippen MR) is 107 cm³/mol. The molecule has 134 valence electrons. The number of hydrogen-bond acceptors (Lipinski definition) is 5. The first-order valence-corrected chi connectivity index (χ1v) is 8.87. The molecule has 0 radical (unpaired) electrons. The van der Waals surface area contributed by atoms with Crippen molar-refractivity contribution in [1.29, 1.82) is 0 Å². The molecule has 2 aromatic carbocycles. The zero-order valence-corrected chi connectivity index (χ0v) is 15.9. The SMILES string of the molecule is CCOc1ccc(Nc2cc(C)nc(Nc3c(Cl)cccc3Cl)n2)cc1. The Balaban J connectivity index is 1.81. The molecule has 0 aliphatic carbocycles. The minimum atomic E-state index is 0.411. The highest BCUT2D eigenvalue weighted by Gasteiger charge is 2.09. The lowest BCUT2D eigenvalue weighted by Gasteiger charge is -2.12. The summed E-state index contributed by atoms with van der Waals surface area (Å²) in [6, 6.07) is 14.8. The lowest BCUT2D eigenvalue weighted by atomic mass is 10.3. The zero-order chi connectivity index (χ0) is 18.5. The summed E-state index contributed by atoms with van der Waals surface area (Å²) < 4.78 is 5.45. The largest absolute Gasteiger partial charge is 0.494 e. The van der Waals surface area contributed by atoms with E-state index in [9.17, 15) is 0 Å². The standard InChI is InChI=1S/C19H18Cl2N4O/c1-3-26-14-9-7-13(8-10-14)23-17-11-12(2)22-19(24-17)25-18-15(20)5-4-6-16(18)21/h4-11H,3H2,1-2H3,(H2,22,23,24,25). The van der Waals surface area contributed by atoms with Crippen molar-refractivity contribution in [2.75, 3.05) is 17.2 Å². The summed E-state index contributed by atoms with van der Waals surface area (Å²) in [5.74, 6) is 1.90. The maximum atomic E-state index is 6.20. The van der Waals surface area contributed by atoms with E-state index in [0.717, 1.165) is 17.1 Å². The fraction of sp³-hybridized carbons (Fsp3) is 0.158. The number of anilines is 4. The van der Waals surface area contributed by atoms with Gasteiger partial charge in [0, 0.05) is 17.4 Å². The Morgan fingerprint density at radius 2 is 1.65 bits per heavy atom. The van der Waals surface area contributed by atoms with Gasteiger partial charge in [0.25, 0.3) is 0 Å². The summed E-state index contributed by atoms with van der Waals surface area (Å²) in [6.45, 7) is 4.48. The van der Waals surface area contributed by atoms with E-state index >= 15 is 0 Å². The molecule has 1 heterocycles. The van der Waals surface area contributed by atoms with Gasteiger partial charge in [0.15, 0.2) is 0 Å². The topological polar surface area (TPSA) is 59.1 Å². The van der Waals surface area contributed by atoms with Crippen LogP contribution in [0.4, 0.5) is 23.1 Å². The van der Waals surface area contributed by atoms with Crippen molar-refractivity contribution >= 4 is 46.3 Å². The van der Waals surface area contributed by atoms with Crippen LogP contribution in [0.2, 0.25) is 10.0 Å². The van der Waals surface area contributed by atoms with Gasteiger partial charge < -0.3 is 15.4 Å². The molecule has 0 atom stereocenters. The minimum absolute atomic E-state index is 0.411. The quantitative estimate of drug-likeness (QED) is 0.543. The van der Waals surface area contributed by atoms with Crippen LogP contribution in [-0.2, 0) is 0 Å². The lowest BCUT2D eigenvalue weighted by Crippen LogP contribution is -2.03. The fourth-order valence-electron chi connectivity index (χ4n) is 2.37. The average Bonchev–Trinajstić information content (AvgIpc) is 2.60. The molecule has 5 nitrogen and oxygen atoms in total. The van der Waals surface area contributed by atoms with Crippen molar-refractivity contribution in [3.8, 4) is 5.75 Å². The molecule has 0 saturated heterocycles. The molecule has 7 heteroatoms. The lowest BCUT2D eigenvalue weighted by molar-refractivity contribution is 0.340. The number of rotatable bonds is 6. The number of nitrogens with zero attached hydrogens (tertiary/aromatic N) is 2. The number of nitrogens with one attached hydrogen (secondary N) is 2. The van der Waals surface area contributed by atoms with Gasteiger partial charge in [-0.1, -0.05) is 29.3 Å². The van der Waals surface area contributed by atoms with Crippen LogP contribution in [0.15, 0.2) is 48.5 Å². The maximum absolute atomic E-state index is 6.20. The molecule has 3 rings (SSSR count). The number of aromatic nitrogens is 2. The van der Waals surface area contributed by atoms with E-state index in [1.165, 1.54) is 0 Å². The van der Waals surface area contributed by atoms with Gasteiger partial charge in [-0.3, -0.25) is 0 Å². The highest BCUT2D eigenvalue weighted by molar-refractivity contribution is 6.39. The third-order valence-electron chi connectivity index (χ3n) is 3.49. The van der Waals surface area contributed by atoms with Crippen molar-refractivity contribution in [2.24, 2.45) is 0 Å². The van der Waals surface area contributed by atoms with E-state index in [-0.39, 0.29) is 0 Å². The number of ether oxygens (including phenoxy) is 1. The highest BCUT2D eigenvalue weighted by atomic mass is 35.5. The average molecular weight is 389 g/mol. The van der Waals surface area contributed by atoms with Crippen LogP contribution >= 0.6 is 23.2 Å². The summed E-state index contributed by atoms with van der Waals surface area (Å²) in [5.41, 5.74) is 2.28. The van der Waals surface area contributed by atoms with Gasteiger partial charge in [-0.25, -0.2) is 4.98 Å². The number of hydrogen-bond donors (Lipinski definition) is 2. The van der Waals surface area contributed by atoms with E-state index in [2.05, 4.69) is 20.6 Å². The molecule has 0 aliphatic heterocycles. The first-order valence-electron chi connectivity index (χ1n) is 8.12. The molecule has 0 amide bonds. The molecule has 1 aromatic heterocycles. The molecule has 0 unspecified atom stereocenters. The van der Waals surface area contributed by atoms with E-state index in [1.807, 2.05) is 44.2 Å². The highest BCUT2D eigenvalue weighted by Crippen LogP contribution is 2.32. The summed E-state index contributed by atoms with van der Waals surface area (Å²) in [7, 11) is 0. The second kappa shape index (κ2) is 8.25. The summed E-state index contributed by atoms with van der Waals surface area (Å²) in [4.78, 5) is 8.88. The Morgan fingerprint density at radius 3 is 2.31 bits per heavy atom. The Hall–Kier alpha value is -2.50. The minimum Gasteiger partial charge on any atom is -0.494 e. The van der Waals surface area contributed by atoms with Crippen LogP contribution in [0.3, 0.4) is 0 Å². The molecule has 26 heavy (non-hydrogen) atoms. The van der Waals surface area contributed by atoms with Gasteiger partial charge in [0.05, 0.1) is 22.3 Å². The first kappa shape index (κ1) is 18.3. The third-order valence-corrected chi connectivity index (χ3v) is 4.12. The van der Waals surface area contributed by atoms with Crippen molar-refractivity contribution < 1.29 is 4.74 Å². The van der Waals surface area contributed by atoms with Crippen molar-refractivity contribution in [3.05, 3.63) is 64.3 Å². The van der Waals surface area contributed by atoms with E-state index in [1.54, 1.807) is 18.2 Å². The Bertz CT molecular complexity index is 880. The van der Waals surface area contributed by atoms with Gasteiger partial charge in [-0.05, 0) is 50.2 Å². The molecule has 2 N–H and O–H groups in total. The Labute approximate surface area is 162 Å². The van der Waals surface area contributed by atoms with E-state index in [0.29, 0.717) is 34.1 Å². The van der Waals surface area contributed by atoms with Gasteiger partial charge in [0.1, 0.15) is 11.6 Å². The fourth-order valence-corrected chi connectivity index (χ4v) is 2.86. The van der Waals surface area contributed by atoms with Gasteiger partial charge in [-0.2, -0.15) is 4.98 Å². The summed E-state index contributed by atoms with van der Waals surface area (Å²) in [6.07, 6.45) is 0. The smallest absolute Gasteiger partial charge is 0.229 e. The summed E-state index contributed by atoms with van der Waals surface area (Å²) in [5, 5.41) is 7.35. The number of para-hydroxylation sites is 1. The molecule has 0 aliphatic rings. The van der Waals surface area contributed by atoms with Crippen molar-refractivity contribution in [3.63, 3.8) is 0 Å². The van der Waals surface area contributed by atoms with Crippen LogP contribution in [0.5, 0.6) is 5.75 Å². The van der Waals surface area contributed by atoms with E-state index < -0.39 is 0 Å². The van der Waals surface area contributed by atoms with Crippen LogP contribution in [0.1, 0.15) is 12.6 Å². The Morgan fingerprint density at radius 1 is 0.962 bits per heavy atom. The van der Waals surface area contributed by atoms with Crippen LogP contribution < -0.4 is 15.4 Å². The Kier molecular flexibility index (Phi) is 5.81. The zero-order valence-electron chi connectivity index (χ0n) is 14.4. The normalized spacial score (nSPS) is 10.5. The van der Waals surface area contributed by atoms with Crippen LogP contribution in [-0.4, -0.2) is 16.6 Å². The van der Waals surface area contributed by atoms with Crippen LogP contribution in [0, 0.1) is 6.92 Å². The maximum Gasteiger partial charge on any atom is 0.229 e. The van der Waals surface area contributed by atoms with Gasteiger partial charge in [-0.15, -0.1) is 0 Å². The number of halogens is 2. The van der Waals surface area contributed by atoms with Gasteiger partial charge >= 0.3 is 0 Å². The molecular formula is C19H18Cl2N4O. The number of benzene rings is 2. The van der Waals surface area contributed by atoms with E-state index in [4.69, 9.17) is 27.9 Å². The molecule has 3 aromatic rings. The summed E-state index contributed by atoms with van der Waals surface area (Å²) >= 11 is 12.4. The third kappa shape index (κ3) is 4.56. The predicted octanol–water partition coefficient (Wildman–Crippen LogP) is 5.98. The molecule has 0 fully saturated rings.